The van der Waals surface area contributed by atoms with E-state index in [-0.39, 0.29) is 4.90 Å². The van der Waals surface area contributed by atoms with Crippen LogP contribution in [0.5, 0.6) is 0 Å². The van der Waals surface area contributed by atoms with E-state index in [2.05, 4.69) is 26.1 Å². The summed E-state index contributed by atoms with van der Waals surface area (Å²) >= 11 is 3.37. The van der Waals surface area contributed by atoms with Gasteiger partial charge in [0.1, 0.15) is 4.90 Å². The number of sulfonamides is 1. The van der Waals surface area contributed by atoms with Crippen LogP contribution in [0, 0.1) is 6.92 Å². The Morgan fingerprint density at radius 3 is 2.50 bits per heavy atom. The normalized spacial score (nSPS) is 11.2. The molecule has 0 heterocycles. The highest BCUT2D eigenvalue weighted by molar-refractivity contribution is 9.10. The lowest BCUT2D eigenvalue weighted by Crippen LogP contribution is -2.17. The molecule has 2 aromatic carbocycles. The second-order valence-electron chi connectivity index (χ2n) is 4.21. The Bertz CT molecular complexity index is 732. The molecule has 0 fully saturated rings. The molecule has 0 atom stereocenters. The number of benzene rings is 2. The van der Waals surface area contributed by atoms with Crippen molar-refractivity contribution >= 4 is 37.3 Å². The number of hydrazine groups is 1. The molecule has 0 aromatic heterocycles. The third-order valence-corrected chi connectivity index (χ3v) is 5.07. The van der Waals surface area contributed by atoms with Crippen molar-refractivity contribution in [3.63, 3.8) is 0 Å². The highest BCUT2D eigenvalue weighted by atomic mass is 79.9. The molecule has 0 aliphatic heterocycles. The second-order valence-corrected chi connectivity index (χ2v) is 6.72. The Kier molecular flexibility index (Phi) is 4.32. The first-order valence-electron chi connectivity index (χ1n) is 5.78. The monoisotopic (exact) mass is 355 g/mol. The van der Waals surface area contributed by atoms with Crippen molar-refractivity contribution in [3.05, 3.63) is 52.5 Å². The fourth-order valence-corrected chi connectivity index (χ4v) is 3.21. The minimum absolute atomic E-state index is 0.100. The molecule has 4 N–H and O–H groups in total. The standard InChI is InChI=1S/C13H14BrN3O2S/c1-9-8-10(6-7-11(9)14)17-20(18,19)13-5-3-2-4-12(13)16-15/h2-8,16-17H,15H2,1H3. The smallest absolute Gasteiger partial charge is 0.264 e. The quantitative estimate of drug-likeness (QED) is 0.581. The van der Waals surface area contributed by atoms with Crippen molar-refractivity contribution in [1.82, 2.24) is 0 Å². The van der Waals surface area contributed by atoms with Gasteiger partial charge >= 0.3 is 0 Å². The summed E-state index contributed by atoms with van der Waals surface area (Å²) in [5.74, 6) is 5.34. The first-order valence-corrected chi connectivity index (χ1v) is 8.06. The average Bonchev–Trinajstić information content (AvgIpc) is 2.42. The highest BCUT2D eigenvalue weighted by Gasteiger charge is 2.18. The lowest BCUT2D eigenvalue weighted by atomic mass is 10.2. The molecule has 0 saturated carbocycles. The van der Waals surface area contributed by atoms with Crippen molar-refractivity contribution in [3.8, 4) is 0 Å². The van der Waals surface area contributed by atoms with Crippen LogP contribution in [0.1, 0.15) is 5.56 Å². The zero-order valence-electron chi connectivity index (χ0n) is 10.7. The van der Waals surface area contributed by atoms with Gasteiger partial charge in [0.2, 0.25) is 0 Å². The van der Waals surface area contributed by atoms with Crippen LogP contribution in [0.4, 0.5) is 11.4 Å². The fourth-order valence-electron chi connectivity index (χ4n) is 1.74. The molecule has 2 aromatic rings. The molecule has 0 radical (unpaired) electrons. The Morgan fingerprint density at radius 1 is 1.15 bits per heavy atom. The van der Waals surface area contributed by atoms with Gasteiger partial charge in [-0.05, 0) is 42.8 Å². The number of nitrogen functional groups attached to an aromatic ring is 1. The lowest BCUT2D eigenvalue weighted by Gasteiger charge is -2.12. The molecule has 2 rings (SSSR count). The van der Waals surface area contributed by atoms with Gasteiger partial charge in [0.05, 0.1) is 5.69 Å². The van der Waals surface area contributed by atoms with E-state index in [4.69, 9.17) is 5.84 Å². The Hall–Kier alpha value is -1.57. The number of nitrogens with one attached hydrogen (secondary N) is 2. The van der Waals surface area contributed by atoms with Crippen LogP contribution in [-0.4, -0.2) is 8.42 Å². The maximum Gasteiger partial charge on any atom is 0.264 e. The number of hydrogen-bond donors (Lipinski definition) is 3. The summed E-state index contributed by atoms with van der Waals surface area (Å²) in [6.45, 7) is 1.89. The van der Waals surface area contributed by atoms with Crippen LogP contribution in [0.15, 0.2) is 51.8 Å². The minimum Gasteiger partial charge on any atom is -0.323 e. The van der Waals surface area contributed by atoms with Crippen LogP contribution in [0.2, 0.25) is 0 Å². The number of anilines is 2. The Labute approximate surface area is 126 Å². The van der Waals surface area contributed by atoms with E-state index < -0.39 is 10.0 Å². The Morgan fingerprint density at radius 2 is 1.85 bits per heavy atom. The van der Waals surface area contributed by atoms with Gasteiger partial charge in [-0.25, -0.2) is 8.42 Å². The van der Waals surface area contributed by atoms with E-state index in [0.29, 0.717) is 11.4 Å². The van der Waals surface area contributed by atoms with Gasteiger partial charge in [0.15, 0.2) is 0 Å². The summed E-state index contributed by atoms with van der Waals surface area (Å²) in [7, 11) is -3.69. The SMILES string of the molecule is Cc1cc(NS(=O)(=O)c2ccccc2NN)ccc1Br. The molecular weight excluding hydrogens is 342 g/mol. The molecule has 106 valence electrons. The minimum atomic E-state index is -3.69. The van der Waals surface area contributed by atoms with Gasteiger partial charge in [-0.2, -0.15) is 0 Å². The summed E-state index contributed by atoms with van der Waals surface area (Å²) < 4.78 is 28.2. The molecule has 0 saturated heterocycles. The van der Waals surface area contributed by atoms with Crippen molar-refractivity contribution in [2.75, 3.05) is 10.1 Å². The largest absolute Gasteiger partial charge is 0.323 e. The van der Waals surface area contributed by atoms with Gasteiger partial charge in [0.25, 0.3) is 10.0 Å². The molecule has 0 aliphatic rings. The molecule has 0 aliphatic carbocycles. The number of para-hydroxylation sites is 1. The number of hydrogen-bond acceptors (Lipinski definition) is 4. The van der Waals surface area contributed by atoms with E-state index in [1.807, 2.05) is 6.92 Å². The predicted molar refractivity (Wildman–Crippen MR) is 83.9 cm³/mol. The summed E-state index contributed by atoms with van der Waals surface area (Å²) in [6.07, 6.45) is 0. The second kappa shape index (κ2) is 5.82. The van der Waals surface area contributed by atoms with Gasteiger partial charge in [-0.3, -0.25) is 10.6 Å². The topological polar surface area (TPSA) is 84.2 Å². The van der Waals surface area contributed by atoms with Gasteiger partial charge < -0.3 is 5.43 Å². The number of rotatable bonds is 4. The van der Waals surface area contributed by atoms with Crippen molar-refractivity contribution in [2.24, 2.45) is 5.84 Å². The van der Waals surface area contributed by atoms with E-state index in [1.165, 1.54) is 6.07 Å². The Balaban J connectivity index is 2.38. The predicted octanol–water partition coefficient (Wildman–Crippen LogP) is 2.84. The van der Waals surface area contributed by atoms with E-state index in [1.54, 1.807) is 36.4 Å². The zero-order chi connectivity index (χ0) is 14.8. The molecule has 0 bridgehead atoms. The van der Waals surface area contributed by atoms with Gasteiger partial charge in [-0.1, -0.05) is 28.1 Å². The number of halogens is 1. The summed E-state index contributed by atoms with van der Waals surface area (Å²) in [4.78, 5) is 0.100. The third-order valence-electron chi connectivity index (χ3n) is 2.74. The van der Waals surface area contributed by atoms with Crippen molar-refractivity contribution < 1.29 is 8.42 Å². The lowest BCUT2D eigenvalue weighted by molar-refractivity contribution is 0.601. The molecule has 0 amide bonds. The van der Waals surface area contributed by atoms with E-state index in [0.717, 1.165) is 10.0 Å². The first-order chi connectivity index (χ1) is 9.44. The summed E-state index contributed by atoms with van der Waals surface area (Å²) in [5.41, 5.74) is 4.16. The molecule has 20 heavy (non-hydrogen) atoms. The van der Waals surface area contributed by atoms with Crippen molar-refractivity contribution in [2.45, 2.75) is 11.8 Å². The van der Waals surface area contributed by atoms with Crippen LogP contribution < -0.4 is 16.0 Å². The summed E-state index contributed by atoms with van der Waals surface area (Å²) in [5, 5.41) is 0. The summed E-state index contributed by atoms with van der Waals surface area (Å²) in [6, 6.07) is 11.7. The van der Waals surface area contributed by atoms with Crippen molar-refractivity contribution in [1.29, 1.82) is 0 Å². The molecular formula is C13H14BrN3O2S. The van der Waals surface area contributed by atoms with E-state index >= 15 is 0 Å². The van der Waals surface area contributed by atoms with Crippen LogP contribution in [0.25, 0.3) is 0 Å². The average molecular weight is 356 g/mol. The zero-order valence-corrected chi connectivity index (χ0v) is 13.1. The van der Waals surface area contributed by atoms with Crippen LogP contribution in [-0.2, 0) is 10.0 Å². The fraction of sp³-hybridized carbons (Fsp3) is 0.0769. The maximum absolute atomic E-state index is 12.4. The molecule has 0 unspecified atom stereocenters. The first kappa shape index (κ1) is 14.8. The number of aryl methyl sites for hydroxylation is 1. The van der Waals surface area contributed by atoms with Gasteiger partial charge in [-0.15, -0.1) is 0 Å². The molecule has 0 spiro atoms. The molecule has 7 heteroatoms. The number of nitrogens with two attached hydrogens (primary N) is 1. The maximum atomic E-state index is 12.4. The highest BCUT2D eigenvalue weighted by Crippen LogP contribution is 2.25. The van der Waals surface area contributed by atoms with Crippen LogP contribution in [0.3, 0.4) is 0 Å². The van der Waals surface area contributed by atoms with Gasteiger partial charge in [0, 0.05) is 10.2 Å². The van der Waals surface area contributed by atoms with E-state index in [9.17, 15) is 8.42 Å². The molecule has 5 nitrogen and oxygen atoms in total. The van der Waals surface area contributed by atoms with Crippen LogP contribution >= 0.6 is 15.9 Å². The third kappa shape index (κ3) is 3.12.